The van der Waals surface area contributed by atoms with Crippen LogP contribution in [-0.4, -0.2) is 32.9 Å². The molecule has 0 bridgehead atoms. The number of aromatic nitrogens is 1. The molecule has 1 heterocycles. The summed E-state index contributed by atoms with van der Waals surface area (Å²) < 4.78 is 30.7. The number of rotatable bonds is 7. The average molecular weight is 327 g/mol. The van der Waals surface area contributed by atoms with Crippen molar-refractivity contribution >= 4 is 26.5 Å². The first-order valence-electron chi connectivity index (χ1n) is 6.28. The van der Waals surface area contributed by atoms with Gasteiger partial charge in [-0.25, -0.2) is 13.4 Å². The zero-order valence-corrected chi connectivity index (χ0v) is 13.2. The Balaban J connectivity index is 2.10. The number of nitrogens with two attached hydrogens (primary N) is 1. The van der Waals surface area contributed by atoms with Crippen LogP contribution in [0, 0.1) is 0 Å². The van der Waals surface area contributed by atoms with Crippen LogP contribution in [0.25, 0.3) is 11.3 Å². The van der Waals surface area contributed by atoms with Crippen molar-refractivity contribution < 1.29 is 13.2 Å². The second kappa shape index (κ2) is 6.99. The van der Waals surface area contributed by atoms with Crippen LogP contribution in [0.5, 0.6) is 0 Å². The van der Waals surface area contributed by atoms with Crippen molar-refractivity contribution in [3.8, 4) is 11.3 Å². The second-order valence-corrected chi connectivity index (χ2v) is 7.05. The molecule has 8 heteroatoms. The minimum Gasteiger partial charge on any atom is -0.384 e. The van der Waals surface area contributed by atoms with E-state index in [1.54, 1.807) is 0 Å². The SMILES string of the molecule is COCCS(=O)(=O)Nc1nc(-c2ccc(CN)cc2)cs1. The number of thiazole rings is 1. The van der Waals surface area contributed by atoms with Gasteiger partial charge in [-0.1, -0.05) is 24.3 Å². The molecule has 0 saturated carbocycles. The Labute approximate surface area is 128 Å². The summed E-state index contributed by atoms with van der Waals surface area (Å²) in [5, 5.41) is 2.16. The fourth-order valence-electron chi connectivity index (χ4n) is 1.64. The van der Waals surface area contributed by atoms with Crippen LogP contribution in [0.3, 0.4) is 0 Å². The van der Waals surface area contributed by atoms with Gasteiger partial charge in [0.15, 0.2) is 5.13 Å². The van der Waals surface area contributed by atoms with Crippen molar-refractivity contribution in [2.45, 2.75) is 6.54 Å². The molecule has 0 atom stereocenters. The van der Waals surface area contributed by atoms with Gasteiger partial charge in [0.2, 0.25) is 10.0 Å². The van der Waals surface area contributed by atoms with Gasteiger partial charge in [0, 0.05) is 24.6 Å². The molecule has 0 unspecified atom stereocenters. The van der Waals surface area contributed by atoms with E-state index in [4.69, 9.17) is 10.5 Å². The highest BCUT2D eigenvalue weighted by Crippen LogP contribution is 2.25. The van der Waals surface area contributed by atoms with Gasteiger partial charge in [-0.2, -0.15) is 0 Å². The molecular weight excluding hydrogens is 310 g/mol. The lowest BCUT2D eigenvalue weighted by molar-refractivity contribution is 0.217. The van der Waals surface area contributed by atoms with Gasteiger partial charge in [-0.3, -0.25) is 4.72 Å². The standard InChI is InChI=1S/C13H17N3O3S2/c1-19-6-7-21(17,18)16-13-15-12(9-20-13)11-4-2-10(8-14)3-5-11/h2-5,9H,6-8,14H2,1H3,(H,15,16). The lowest BCUT2D eigenvalue weighted by atomic mass is 10.1. The third-order valence-electron chi connectivity index (χ3n) is 2.79. The molecule has 1 aromatic carbocycles. The average Bonchev–Trinajstić information content (AvgIpc) is 2.93. The van der Waals surface area contributed by atoms with E-state index in [1.807, 2.05) is 29.6 Å². The van der Waals surface area contributed by atoms with Crippen molar-refractivity contribution in [3.63, 3.8) is 0 Å². The smallest absolute Gasteiger partial charge is 0.236 e. The van der Waals surface area contributed by atoms with E-state index in [0.717, 1.165) is 16.8 Å². The highest BCUT2D eigenvalue weighted by molar-refractivity contribution is 7.92. The number of anilines is 1. The molecule has 0 aliphatic carbocycles. The summed E-state index contributed by atoms with van der Waals surface area (Å²) in [6, 6.07) is 7.69. The molecule has 0 aliphatic heterocycles. The van der Waals surface area contributed by atoms with Crippen LogP contribution in [0.1, 0.15) is 5.56 Å². The highest BCUT2D eigenvalue weighted by atomic mass is 32.2. The third-order valence-corrected chi connectivity index (χ3v) is 4.88. The maximum absolute atomic E-state index is 11.7. The van der Waals surface area contributed by atoms with Crippen molar-refractivity contribution in [1.82, 2.24) is 4.98 Å². The number of sulfonamides is 1. The molecule has 0 spiro atoms. The maximum Gasteiger partial charge on any atom is 0.236 e. The van der Waals surface area contributed by atoms with Crippen LogP contribution < -0.4 is 10.5 Å². The van der Waals surface area contributed by atoms with Crippen molar-refractivity contribution in [2.75, 3.05) is 24.2 Å². The lowest BCUT2D eigenvalue weighted by Gasteiger charge is -2.03. The van der Waals surface area contributed by atoms with Gasteiger partial charge in [0.05, 0.1) is 18.1 Å². The molecular formula is C13H17N3O3S2. The Morgan fingerprint density at radius 2 is 2.05 bits per heavy atom. The van der Waals surface area contributed by atoms with Crippen molar-refractivity contribution in [1.29, 1.82) is 0 Å². The van der Waals surface area contributed by atoms with Crippen LogP contribution in [-0.2, 0) is 21.3 Å². The van der Waals surface area contributed by atoms with E-state index in [1.165, 1.54) is 18.4 Å². The molecule has 6 nitrogen and oxygen atoms in total. The molecule has 1 aromatic heterocycles. The molecule has 0 fully saturated rings. The van der Waals surface area contributed by atoms with Gasteiger partial charge < -0.3 is 10.5 Å². The van der Waals surface area contributed by atoms with Crippen LogP contribution in [0.4, 0.5) is 5.13 Å². The van der Waals surface area contributed by atoms with Crippen molar-refractivity contribution in [2.24, 2.45) is 5.73 Å². The summed E-state index contributed by atoms with van der Waals surface area (Å²) in [5.41, 5.74) is 8.24. The highest BCUT2D eigenvalue weighted by Gasteiger charge is 2.13. The monoisotopic (exact) mass is 327 g/mol. The zero-order valence-electron chi connectivity index (χ0n) is 11.6. The number of hydrogen-bond acceptors (Lipinski definition) is 6. The predicted molar refractivity (Wildman–Crippen MR) is 84.7 cm³/mol. The van der Waals surface area contributed by atoms with Crippen LogP contribution in [0.2, 0.25) is 0 Å². The first-order chi connectivity index (χ1) is 10.0. The largest absolute Gasteiger partial charge is 0.384 e. The lowest BCUT2D eigenvalue weighted by Crippen LogP contribution is -2.19. The zero-order chi connectivity index (χ0) is 15.3. The number of ether oxygens (including phenoxy) is 1. The minimum absolute atomic E-state index is 0.0936. The summed E-state index contributed by atoms with van der Waals surface area (Å²) >= 11 is 1.25. The molecule has 2 rings (SSSR count). The Bertz CT molecular complexity index is 681. The summed E-state index contributed by atoms with van der Waals surface area (Å²) in [6.07, 6.45) is 0. The molecule has 0 amide bonds. The Morgan fingerprint density at radius 1 is 1.33 bits per heavy atom. The van der Waals surface area contributed by atoms with E-state index in [-0.39, 0.29) is 12.4 Å². The van der Waals surface area contributed by atoms with E-state index in [9.17, 15) is 8.42 Å². The van der Waals surface area contributed by atoms with Gasteiger partial charge in [-0.15, -0.1) is 11.3 Å². The van der Waals surface area contributed by atoms with E-state index >= 15 is 0 Å². The summed E-state index contributed by atoms with van der Waals surface area (Å²) in [5.74, 6) is -0.0936. The van der Waals surface area contributed by atoms with Gasteiger partial charge in [0.25, 0.3) is 0 Å². The molecule has 0 aliphatic rings. The minimum atomic E-state index is -3.42. The van der Waals surface area contributed by atoms with Crippen molar-refractivity contribution in [3.05, 3.63) is 35.2 Å². The summed E-state index contributed by atoms with van der Waals surface area (Å²) in [6.45, 7) is 0.635. The number of nitrogens with zero attached hydrogens (tertiary/aromatic N) is 1. The molecule has 2 aromatic rings. The van der Waals surface area contributed by atoms with Gasteiger partial charge in [0.1, 0.15) is 0 Å². The van der Waals surface area contributed by atoms with Crippen LogP contribution >= 0.6 is 11.3 Å². The van der Waals surface area contributed by atoms with Crippen LogP contribution in [0.15, 0.2) is 29.6 Å². The fourth-order valence-corrected chi connectivity index (χ4v) is 3.58. The van der Waals surface area contributed by atoms with E-state index in [0.29, 0.717) is 11.7 Å². The molecule has 0 radical (unpaired) electrons. The Kier molecular flexibility index (Phi) is 5.29. The molecule has 0 saturated heterocycles. The van der Waals surface area contributed by atoms with E-state index in [2.05, 4.69) is 9.71 Å². The fraction of sp³-hybridized carbons (Fsp3) is 0.308. The Hall–Kier alpha value is -1.48. The second-order valence-electron chi connectivity index (χ2n) is 4.35. The van der Waals surface area contributed by atoms with Gasteiger partial charge in [-0.05, 0) is 5.56 Å². The molecule has 114 valence electrons. The third kappa shape index (κ3) is 4.50. The number of benzene rings is 1. The first-order valence-corrected chi connectivity index (χ1v) is 8.81. The normalized spacial score (nSPS) is 11.5. The molecule has 3 N–H and O–H groups in total. The quantitative estimate of drug-likeness (QED) is 0.806. The number of methoxy groups -OCH3 is 1. The first kappa shape index (κ1) is 15.9. The number of hydrogen-bond donors (Lipinski definition) is 2. The van der Waals surface area contributed by atoms with E-state index < -0.39 is 10.0 Å². The topological polar surface area (TPSA) is 94.3 Å². The Morgan fingerprint density at radius 3 is 2.67 bits per heavy atom. The number of nitrogens with one attached hydrogen (secondary N) is 1. The predicted octanol–water partition coefficient (Wildman–Crippen LogP) is 1.66. The summed E-state index contributed by atoms with van der Waals surface area (Å²) in [4.78, 5) is 4.29. The molecule has 21 heavy (non-hydrogen) atoms. The van der Waals surface area contributed by atoms with Gasteiger partial charge >= 0.3 is 0 Å². The maximum atomic E-state index is 11.7. The summed E-state index contributed by atoms with van der Waals surface area (Å²) in [7, 11) is -1.96.